The Bertz CT molecular complexity index is 305. The quantitative estimate of drug-likeness (QED) is 0.295. The van der Waals surface area contributed by atoms with Gasteiger partial charge in [-0.3, -0.25) is 4.79 Å². The van der Waals surface area contributed by atoms with Gasteiger partial charge in [0.1, 0.15) is 12.1 Å². The van der Waals surface area contributed by atoms with E-state index in [1.807, 2.05) is 0 Å². The Morgan fingerprint density at radius 1 is 1.24 bits per heavy atom. The van der Waals surface area contributed by atoms with E-state index in [0.29, 0.717) is 0 Å². The number of nitrogens with two attached hydrogens (primary N) is 3. The third-order valence-electron chi connectivity index (χ3n) is 2.00. The summed E-state index contributed by atoms with van der Waals surface area (Å²) in [5.74, 6) is -2.69. The van der Waals surface area contributed by atoms with Gasteiger partial charge in [-0.15, -0.1) is 0 Å². The highest BCUT2D eigenvalue weighted by Crippen LogP contribution is 1.99. The summed E-state index contributed by atoms with van der Waals surface area (Å²) in [6, 6.07) is -2.45. The molecule has 1 amide bonds. The summed E-state index contributed by atoms with van der Waals surface area (Å²) in [4.78, 5) is 32.8. The third kappa shape index (κ3) is 5.95. The van der Waals surface area contributed by atoms with Crippen molar-refractivity contribution in [1.82, 2.24) is 0 Å². The van der Waals surface area contributed by atoms with Gasteiger partial charge in [0.25, 0.3) is 0 Å². The highest BCUT2D eigenvalue weighted by atomic mass is 16.6. The molecular weight excluding hydrogens is 230 g/mol. The van der Waals surface area contributed by atoms with E-state index in [2.05, 4.69) is 4.74 Å². The van der Waals surface area contributed by atoms with E-state index < -0.39 is 36.0 Å². The molecule has 17 heavy (non-hydrogen) atoms. The van der Waals surface area contributed by atoms with E-state index in [0.717, 1.165) is 0 Å². The SMILES string of the molecule is C[C@@H](O)[C@H](N)C(=O)OC(=O)[C@@H](N)CCC(N)=O. The van der Waals surface area contributed by atoms with Crippen LogP contribution in [0.3, 0.4) is 0 Å². The van der Waals surface area contributed by atoms with Gasteiger partial charge < -0.3 is 27.0 Å². The Morgan fingerprint density at radius 2 is 1.76 bits per heavy atom. The number of esters is 2. The van der Waals surface area contributed by atoms with E-state index in [1.54, 1.807) is 0 Å². The highest BCUT2D eigenvalue weighted by molar-refractivity contribution is 5.91. The van der Waals surface area contributed by atoms with Crippen molar-refractivity contribution >= 4 is 17.8 Å². The Labute approximate surface area is 98.1 Å². The van der Waals surface area contributed by atoms with Crippen molar-refractivity contribution in [2.45, 2.75) is 38.0 Å². The molecule has 0 unspecified atom stereocenters. The lowest BCUT2D eigenvalue weighted by atomic mass is 10.1. The second kappa shape index (κ2) is 6.94. The molecular formula is C9H17N3O5. The smallest absolute Gasteiger partial charge is 0.333 e. The first kappa shape index (κ1) is 15.5. The van der Waals surface area contributed by atoms with Gasteiger partial charge in [0.2, 0.25) is 5.91 Å². The third-order valence-corrected chi connectivity index (χ3v) is 2.00. The topological polar surface area (TPSA) is 159 Å². The number of ether oxygens (including phenoxy) is 1. The van der Waals surface area contributed by atoms with Gasteiger partial charge in [-0.1, -0.05) is 0 Å². The van der Waals surface area contributed by atoms with Crippen LogP contribution in [0.15, 0.2) is 0 Å². The van der Waals surface area contributed by atoms with Crippen LogP contribution in [0, 0.1) is 0 Å². The van der Waals surface area contributed by atoms with Crippen LogP contribution < -0.4 is 17.2 Å². The van der Waals surface area contributed by atoms with Crippen LogP contribution in [0.4, 0.5) is 0 Å². The van der Waals surface area contributed by atoms with Gasteiger partial charge in [-0.25, -0.2) is 9.59 Å². The second-order valence-electron chi connectivity index (χ2n) is 3.62. The maximum absolute atomic E-state index is 11.2. The molecule has 0 rings (SSSR count). The predicted octanol–water partition coefficient (Wildman–Crippen LogP) is -2.64. The monoisotopic (exact) mass is 247 g/mol. The molecule has 0 heterocycles. The van der Waals surface area contributed by atoms with Crippen molar-refractivity contribution < 1.29 is 24.2 Å². The molecule has 0 spiro atoms. The first-order valence-corrected chi connectivity index (χ1v) is 4.98. The fourth-order valence-electron chi connectivity index (χ4n) is 0.855. The number of rotatable bonds is 6. The lowest BCUT2D eigenvalue weighted by Crippen LogP contribution is -2.44. The Balaban J connectivity index is 4.16. The van der Waals surface area contributed by atoms with Gasteiger partial charge in [-0.2, -0.15) is 0 Å². The molecule has 7 N–H and O–H groups in total. The second-order valence-corrected chi connectivity index (χ2v) is 3.62. The summed E-state index contributed by atoms with van der Waals surface area (Å²) < 4.78 is 4.33. The summed E-state index contributed by atoms with van der Waals surface area (Å²) in [6.07, 6.45) is -1.25. The van der Waals surface area contributed by atoms with Gasteiger partial charge in [-0.05, 0) is 13.3 Å². The fraction of sp³-hybridized carbons (Fsp3) is 0.667. The number of hydrogen-bond acceptors (Lipinski definition) is 7. The Hall–Kier alpha value is -1.51. The van der Waals surface area contributed by atoms with Crippen LogP contribution in [0.25, 0.3) is 0 Å². The molecule has 8 heteroatoms. The summed E-state index contributed by atoms with van der Waals surface area (Å²) in [7, 11) is 0. The maximum Gasteiger partial charge on any atom is 0.333 e. The van der Waals surface area contributed by atoms with Crippen molar-refractivity contribution in [1.29, 1.82) is 0 Å². The zero-order valence-corrected chi connectivity index (χ0v) is 9.46. The molecule has 3 atom stereocenters. The molecule has 0 radical (unpaired) electrons. The highest BCUT2D eigenvalue weighted by Gasteiger charge is 2.25. The summed E-state index contributed by atoms with van der Waals surface area (Å²) >= 11 is 0. The number of aliphatic hydroxyl groups excluding tert-OH is 1. The number of hydrogen-bond donors (Lipinski definition) is 4. The summed E-state index contributed by atoms with van der Waals surface area (Å²) in [5.41, 5.74) is 15.5. The number of amides is 1. The molecule has 0 aliphatic heterocycles. The first-order valence-electron chi connectivity index (χ1n) is 4.98. The number of carbonyl (C=O) groups is 3. The van der Waals surface area contributed by atoms with Gasteiger partial charge in [0.15, 0.2) is 0 Å². The maximum atomic E-state index is 11.2. The number of carbonyl (C=O) groups excluding carboxylic acids is 3. The Morgan fingerprint density at radius 3 is 2.18 bits per heavy atom. The summed E-state index contributed by atoms with van der Waals surface area (Å²) in [5, 5.41) is 8.99. The van der Waals surface area contributed by atoms with Crippen LogP contribution >= 0.6 is 0 Å². The number of aliphatic hydroxyl groups is 1. The van der Waals surface area contributed by atoms with Crippen LogP contribution in [0.5, 0.6) is 0 Å². The zero-order chi connectivity index (χ0) is 13.6. The molecule has 0 saturated carbocycles. The van der Waals surface area contributed by atoms with Crippen molar-refractivity contribution in [3.8, 4) is 0 Å². The standard InChI is InChI=1S/C9H17N3O5/c1-4(13)7(12)9(16)17-8(15)5(10)2-3-6(11)14/h4-5,7,13H,2-3,10,12H2,1H3,(H2,11,14)/t4-,5+,7+/m1/s1. The van der Waals surface area contributed by atoms with E-state index in [1.165, 1.54) is 6.92 Å². The van der Waals surface area contributed by atoms with Crippen LogP contribution in [-0.4, -0.2) is 41.1 Å². The molecule has 0 bridgehead atoms. The molecule has 0 aliphatic rings. The van der Waals surface area contributed by atoms with E-state index in [-0.39, 0.29) is 12.8 Å². The molecule has 0 fully saturated rings. The van der Waals surface area contributed by atoms with Crippen molar-refractivity contribution in [3.05, 3.63) is 0 Å². The minimum absolute atomic E-state index is 0.0225. The average molecular weight is 247 g/mol. The van der Waals surface area contributed by atoms with Crippen molar-refractivity contribution in [2.24, 2.45) is 17.2 Å². The van der Waals surface area contributed by atoms with Crippen LogP contribution in [0.1, 0.15) is 19.8 Å². The lowest BCUT2D eigenvalue weighted by molar-refractivity contribution is -0.163. The van der Waals surface area contributed by atoms with Crippen molar-refractivity contribution in [3.63, 3.8) is 0 Å². The van der Waals surface area contributed by atoms with E-state index >= 15 is 0 Å². The zero-order valence-electron chi connectivity index (χ0n) is 9.46. The fourth-order valence-corrected chi connectivity index (χ4v) is 0.855. The molecule has 0 aromatic heterocycles. The van der Waals surface area contributed by atoms with E-state index in [9.17, 15) is 14.4 Å². The molecule has 0 aromatic carbocycles. The van der Waals surface area contributed by atoms with Gasteiger partial charge in [0.05, 0.1) is 6.10 Å². The molecule has 8 nitrogen and oxygen atoms in total. The Kier molecular flexibility index (Phi) is 6.33. The molecule has 0 saturated heterocycles. The average Bonchev–Trinajstić information content (AvgIpc) is 2.24. The van der Waals surface area contributed by atoms with Crippen LogP contribution in [0.2, 0.25) is 0 Å². The largest absolute Gasteiger partial charge is 0.391 e. The van der Waals surface area contributed by atoms with E-state index in [4.69, 9.17) is 22.3 Å². The minimum atomic E-state index is -1.32. The normalized spacial score (nSPS) is 15.8. The van der Waals surface area contributed by atoms with Gasteiger partial charge >= 0.3 is 11.9 Å². The van der Waals surface area contributed by atoms with Crippen molar-refractivity contribution in [2.75, 3.05) is 0 Å². The molecule has 98 valence electrons. The molecule has 0 aliphatic carbocycles. The minimum Gasteiger partial charge on any atom is -0.391 e. The predicted molar refractivity (Wildman–Crippen MR) is 57.2 cm³/mol. The lowest BCUT2D eigenvalue weighted by Gasteiger charge is -2.14. The van der Waals surface area contributed by atoms with Crippen LogP contribution in [-0.2, 0) is 19.1 Å². The first-order chi connectivity index (χ1) is 7.75. The number of primary amides is 1. The molecule has 0 aromatic rings. The summed E-state index contributed by atoms with van der Waals surface area (Å²) in [6.45, 7) is 1.28. The van der Waals surface area contributed by atoms with Gasteiger partial charge in [0, 0.05) is 6.42 Å².